The Kier molecular flexibility index (Phi) is 2.67. The molecule has 0 saturated carbocycles. The van der Waals surface area contributed by atoms with E-state index in [0.29, 0.717) is 10.1 Å². The molecule has 2 heterocycles. The van der Waals surface area contributed by atoms with Crippen LogP contribution in [0, 0.1) is 0 Å². The van der Waals surface area contributed by atoms with Crippen molar-refractivity contribution in [2.24, 2.45) is 0 Å². The zero-order valence-corrected chi connectivity index (χ0v) is 10.5. The molecule has 0 saturated heterocycles. The van der Waals surface area contributed by atoms with Crippen LogP contribution in [0.4, 0.5) is 5.95 Å². The molecular weight excluding hydrogens is 272 g/mol. The highest BCUT2D eigenvalue weighted by molar-refractivity contribution is 9.10. The van der Waals surface area contributed by atoms with E-state index in [1.54, 1.807) is 16.8 Å². The maximum atomic E-state index is 12.0. The first kappa shape index (κ1) is 11.1. The van der Waals surface area contributed by atoms with E-state index in [1.165, 1.54) is 0 Å². The van der Waals surface area contributed by atoms with Gasteiger partial charge in [0.1, 0.15) is 5.65 Å². The number of pyridine rings is 1. The SMILES string of the molecule is CC(C)n1c(=O)c(Br)cc2cnc(N)nc21. The van der Waals surface area contributed by atoms with E-state index in [2.05, 4.69) is 25.9 Å². The Hall–Kier alpha value is -1.43. The summed E-state index contributed by atoms with van der Waals surface area (Å²) in [4.78, 5) is 20.0. The molecule has 6 heteroatoms. The molecule has 0 fully saturated rings. The van der Waals surface area contributed by atoms with Crippen LogP contribution in [-0.4, -0.2) is 14.5 Å². The van der Waals surface area contributed by atoms with E-state index in [-0.39, 0.29) is 17.5 Å². The predicted octanol–water partition coefficient (Wildman–Crippen LogP) is 1.72. The van der Waals surface area contributed by atoms with Gasteiger partial charge in [-0.15, -0.1) is 0 Å². The fraction of sp³-hybridized carbons (Fsp3) is 0.300. The highest BCUT2D eigenvalue weighted by Gasteiger charge is 2.11. The quantitative estimate of drug-likeness (QED) is 0.864. The number of hydrogen-bond acceptors (Lipinski definition) is 4. The topological polar surface area (TPSA) is 73.8 Å². The second kappa shape index (κ2) is 3.86. The summed E-state index contributed by atoms with van der Waals surface area (Å²) < 4.78 is 2.10. The monoisotopic (exact) mass is 282 g/mol. The maximum Gasteiger partial charge on any atom is 0.266 e. The van der Waals surface area contributed by atoms with Gasteiger partial charge < -0.3 is 5.73 Å². The van der Waals surface area contributed by atoms with Gasteiger partial charge in [0.25, 0.3) is 5.56 Å². The number of halogens is 1. The van der Waals surface area contributed by atoms with Crippen molar-refractivity contribution in [3.05, 3.63) is 27.1 Å². The normalized spacial score (nSPS) is 11.2. The van der Waals surface area contributed by atoms with Gasteiger partial charge in [-0.05, 0) is 35.8 Å². The molecule has 2 rings (SSSR count). The van der Waals surface area contributed by atoms with Crippen molar-refractivity contribution < 1.29 is 0 Å². The molecule has 0 atom stereocenters. The Morgan fingerprint density at radius 2 is 2.19 bits per heavy atom. The number of nitrogens with zero attached hydrogens (tertiary/aromatic N) is 3. The summed E-state index contributed by atoms with van der Waals surface area (Å²) in [6, 6.07) is 1.72. The van der Waals surface area contributed by atoms with Gasteiger partial charge in [0.2, 0.25) is 5.95 Å². The second-order valence-electron chi connectivity index (χ2n) is 3.77. The number of fused-ring (bicyclic) bond motifs is 1. The van der Waals surface area contributed by atoms with Gasteiger partial charge in [-0.1, -0.05) is 0 Å². The minimum atomic E-state index is -0.111. The lowest BCUT2D eigenvalue weighted by Gasteiger charge is -2.13. The fourth-order valence-electron chi connectivity index (χ4n) is 1.58. The van der Waals surface area contributed by atoms with Crippen LogP contribution in [0.15, 0.2) is 21.5 Å². The van der Waals surface area contributed by atoms with Crippen molar-refractivity contribution >= 4 is 32.9 Å². The lowest BCUT2D eigenvalue weighted by molar-refractivity contribution is 0.593. The van der Waals surface area contributed by atoms with E-state index < -0.39 is 0 Å². The molecule has 5 nitrogen and oxygen atoms in total. The van der Waals surface area contributed by atoms with Gasteiger partial charge >= 0.3 is 0 Å². The molecule has 84 valence electrons. The first-order chi connectivity index (χ1) is 7.50. The molecule has 2 N–H and O–H groups in total. The summed E-state index contributed by atoms with van der Waals surface area (Å²) in [5.41, 5.74) is 5.99. The smallest absolute Gasteiger partial charge is 0.266 e. The number of hydrogen-bond donors (Lipinski definition) is 1. The largest absolute Gasteiger partial charge is 0.368 e. The van der Waals surface area contributed by atoms with Gasteiger partial charge in [-0.25, -0.2) is 4.98 Å². The first-order valence-electron chi connectivity index (χ1n) is 4.84. The molecule has 2 aromatic heterocycles. The Morgan fingerprint density at radius 1 is 1.50 bits per heavy atom. The summed E-state index contributed by atoms with van der Waals surface area (Å²) in [6.45, 7) is 3.84. The molecule has 0 aliphatic carbocycles. The standard InChI is InChI=1S/C10H11BrN4O/c1-5(2)15-8-6(3-7(11)9(15)16)4-13-10(12)14-8/h3-5H,1-2H3,(H2,12,13,14). The van der Waals surface area contributed by atoms with Crippen LogP contribution in [-0.2, 0) is 0 Å². The molecule has 0 aliphatic rings. The van der Waals surface area contributed by atoms with E-state index in [4.69, 9.17) is 5.73 Å². The second-order valence-corrected chi connectivity index (χ2v) is 4.62. The Balaban J connectivity index is 2.96. The minimum Gasteiger partial charge on any atom is -0.368 e. The van der Waals surface area contributed by atoms with Crippen molar-refractivity contribution in [2.45, 2.75) is 19.9 Å². The van der Waals surface area contributed by atoms with Crippen molar-refractivity contribution in [3.8, 4) is 0 Å². The first-order valence-corrected chi connectivity index (χ1v) is 5.63. The molecule has 0 unspecified atom stereocenters. The molecule has 0 aliphatic heterocycles. The third kappa shape index (κ3) is 1.69. The van der Waals surface area contributed by atoms with Gasteiger partial charge in [0.05, 0.1) is 4.47 Å². The molecule has 0 aromatic carbocycles. The van der Waals surface area contributed by atoms with Crippen LogP contribution < -0.4 is 11.3 Å². The zero-order chi connectivity index (χ0) is 11.9. The molecule has 0 spiro atoms. The average Bonchev–Trinajstić information content (AvgIpc) is 2.20. The van der Waals surface area contributed by atoms with E-state index >= 15 is 0 Å². The van der Waals surface area contributed by atoms with Crippen LogP contribution in [0.1, 0.15) is 19.9 Å². The van der Waals surface area contributed by atoms with Crippen molar-refractivity contribution in [3.63, 3.8) is 0 Å². The zero-order valence-electron chi connectivity index (χ0n) is 8.94. The van der Waals surface area contributed by atoms with E-state index in [1.807, 2.05) is 13.8 Å². The van der Waals surface area contributed by atoms with Gasteiger partial charge in [-0.3, -0.25) is 9.36 Å². The van der Waals surface area contributed by atoms with E-state index in [0.717, 1.165) is 5.39 Å². The Bertz CT molecular complexity index is 606. The summed E-state index contributed by atoms with van der Waals surface area (Å²) in [7, 11) is 0. The molecule has 0 amide bonds. The van der Waals surface area contributed by atoms with Gasteiger partial charge in [0.15, 0.2) is 0 Å². The summed E-state index contributed by atoms with van der Waals surface area (Å²) >= 11 is 3.23. The van der Waals surface area contributed by atoms with Crippen LogP contribution in [0.5, 0.6) is 0 Å². The van der Waals surface area contributed by atoms with Crippen molar-refractivity contribution in [1.29, 1.82) is 0 Å². The third-order valence-corrected chi connectivity index (χ3v) is 2.83. The lowest BCUT2D eigenvalue weighted by atomic mass is 10.3. The fourth-order valence-corrected chi connectivity index (χ4v) is 2.02. The van der Waals surface area contributed by atoms with E-state index in [9.17, 15) is 4.79 Å². The highest BCUT2D eigenvalue weighted by Crippen LogP contribution is 2.17. The minimum absolute atomic E-state index is 0.0156. The molecule has 0 bridgehead atoms. The van der Waals surface area contributed by atoms with Crippen molar-refractivity contribution in [2.75, 3.05) is 5.73 Å². The van der Waals surface area contributed by atoms with Gasteiger partial charge in [-0.2, -0.15) is 4.98 Å². The van der Waals surface area contributed by atoms with Crippen LogP contribution in [0.2, 0.25) is 0 Å². The predicted molar refractivity (Wildman–Crippen MR) is 66.3 cm³/mol. The number of aromatic nitrogens is 3. The summed E-state index contributed by atoms with van der Waals surface area (Å²) in [5.74, 6) is 0.170. The summed E-state index contributed by atoms with van der Waals surface area (Å²) in [6.07, 6.45) is 1.61. The number of rotatable bonds is 1. The Morgan fingerprint density at radius 3 is 2.81 bits per heavy atom. The number of nitrogen functional groups attached to an aromatic ring is 1. The van der Waals surface area contributed by atoms with Crippen LogP contribution in [0.25, 0.3) is 11.0 Å². The Labute approximate surface area is 100 Å². The van der Waals surface area contributed by atoms with Crippen LogP contribution in [0.3, 0.4) is 0 Å². The highest BCUT2D eigenvalue weighted by atomic mass is 79.9. The molecule has 16 heavy (non-hydrogen) atoms. The molecular formula is C10H11BrN4O. The van der Waals surface area contributed by atoms with Crippen LogP contribution >= 0.6 is 15.9 Å². The van der Waals surface area contributed by atoms with Crippen molar-refractivity contribution in [1.82, 2.24) is 14.5 Å². The third-order valence-electron chi connectivity index (χ3n) is 2.26. The molecule has 2 aromatic rings. The van der Waals surface area contributed by atoms with Gasteiger partial charge in [0, 0.05) is 17.6 Å². The maximum absolute atomic E-state index is 12.0. The number of nitrogens with two attached hydrogens (primary N) is 1. The average molecular weight is 283 g/mol. The molecule has 0 radical (unpaired) electrons. The lowest BCUT2D eigenvalue weighted by Crippen LogP contribution is -2.23. The summed E-state index contributed by atoms with van der Waals surface area (Å²) in [5, 5.41) is 0.786. The number of anilines is 1.